The van der Waals surface area contributed by atoms with Gasteiger partial charge in [-0.2, -0.15) is 4.31 Å². The van der Waals surface area contributed by atoms with Crippen LogP contribution in [-0.4, -0.2) is 33.6 Å². The normalized spacial score (nSPS) is 20.5. The monoisotopic (exact) mass is 269 g/mol. The van der Waals surface area contributed by atoms with E-state index in [0.717, 1.165) is 0 Å². The van der Waals surface area contributed by atoms with Gasteiger partial charge in [0.25, 0.3) is 11.2 Å². The average Bonchev–Trinajstić information content (AvgIpc) is 2.35. The van der Waals surface area contributed by atoms with E-state index in [1.54, 1.807) is 37.6 Å². The van der Waals surface area contributed by atoms with Gasteiger partial charge in [0.2, 0.25) is 0 Å². The van der Waals surface area contributed by atoms with Gasteiger partial charge in [0.15, 0.2) is 5.17 Å². The maximum atomic E-state index is 12.1. The SMILES string of the molecule is CSC1=NS(=O)N(c2ccccc2)C(=O)N1C. The first-order valence-corrected chi connectivity index (χ1v) is 7.11. The number of amidine groups is 1. The van der Waals surface area contributed by atoms with Crippen LogP contribution in [0.4, 0.5) is 10.5 Å². The van der Waals surface area contributed by atoms with Crippen molar-refractivity contribution >= 4 is 39.8 Å². The Kier molecular flexibility index (Phi) is 3.49. The number of nitrogens with zero attached hydrogens (tertiary/aromatic N) is 3. The number of hydrogen-bond donors (Lipinski definition) is 0. The van der Waals surface area contributed by atoms with E-state index in [4.69, 9.17) is 0 Å². The summed E-state index contributed by atoms with van der Waals surface area (Å²) in [6.07, 6.45) is 1.79. The van der Waals surface area contributed by atoms with Crippen LogP contribution in [0.2, 0.25) is 0 Å². The topological polar surface area (TPSA) is 53.0 Å². The van der Waals surface area contributed by atoms with Crippen LogP contribution in [0.1, 0.15) is 0 Å². The fraction of sp³-hybridized carbons (Fsp3) is 0.200. The number of carbonyl (C=O) groups excluding carboxylic acids is 1. The maximum Gasteiger partial charge on any atom is 0.343 e. The van der Waals surface area contributed by atoms with Crippen molar-refractivity contribution in [3.8, 4) is 0 Å². The second-order valence-electron chi connectivity index (χ2n) is 3.28. The lowest BCUT2D eigenvalue weighted by Crippen LogP contribution is -2.47. The zero-order valence-electron chi connectivity index (χ0n) is 9.36. The lowest BCUT2D eigenvalue weighted by atomic mass is 10.3. The van der Waals surface area contributed by atoms with Gasteiger partial charge in [0, 0.05) is 7.05 Å². The number of rotatable bonds is 1. The molecule has 1 atom stereocenters. The van der Waals surface area contributed by atoms with Crippen LogP contribution in [0, 0.1) is 0 Å². The molecule has 1 heterocycles. The van der Waals surface area contributed by atoms with Crippen molar-refractivity contribution < 1.29 is 9.00 Å². The first kappa shape index (κ1) is 12.1. The molecule has 17 heavy (non-hydrogen) atoms. The van der Waals surface area contributed by atoms with Crippen LogP contribution >= 0.6 is 11.8 Å². The molecule has 1 aliphatic rings. The summed E-state index contributed by atoms with van der Waals surface area (Å²) in [7, 11) is 1.62. The Bertz CT molecular complexity index is 490. The number of para-hydroxylation sites is 1. The Morgan fingerprint density at radius 3 is 2.53 bits per heavy atom. The Hall–Kier alpha value is -1.34. The molecular formula is C10H11N3O2S2. The van der Waals surface area contributed by atoms with E-state index in [-0.39, 0.29) is 6.03 Å². The smallest absolute Gasteiger partial charge is 0.274 e. The van der Waals surface area contributed by atoms with Crippen LogP contribution in [0.3, 0.4) is 0 Å². The van der Waals surface area contributed by atoms with Crippen molar-refractivity contribution in [2.45, 2.75) is 0 Å². The van der Waals surface area contributed by atoms with E-state index in [9.17, 15) is 9.00 Å². The average molecular weight is 269 g/mol. The molecule has 1 aliphatic heterocycles. The van der Waals surface area contributed by atoms with Crippen molar-refractivity contribution in [1.29, 1.82) is 0 Å². The first-order chi connectivity index (χ1) is 8.15. The van der Waals surface area contributed by atoms with E-state index < -0.39 is 11.2 Å². The Labute approximate surface area is 106 Å². The highest BCUT2D eigenvalue weighted by molar-refractivity contribution is 8.13. The third kappa shape index (κ3) is 2.20. The molecule has 0 fully saturated rings. The van der Waals surface area contributed by atoms with Crippen molar-refractivity contribution in [2.75, 3.05) is 17.6 Å². The molecule has 0 saturated carbocycles. The third-order valence-corrected chi connectivity index (χ3v) is 4.09. The minimum Gasteiger partial charge on any atom is -0.274 e. The second kappa shape index (κ2) is 4.89. The maximum absolute atomic E-state index is 12.1. The van der Waals surface area contributed by atoms with Gasteiger partial charge in [-0.05, 0) is 18.4 Å². The number of benzene rings is 1. The molecule has 0 aromatic heterocycles. The van der Waals surface area contributed by atoms with Gasteiger partial charge in [-0.25, -0.2) is 9.00 Å². The molecule has 1 aromatic rings. The van der Waals surface area contributed by atoms with Gasteiger partial charge >= 0.3 is 6.03 Å². The summed E-state index contributed by atoms with van der Waals surface area (Å²) >= 11 is -0.407. The van der Waals surface area contributed by atoms with Crippen molar-refractivity contribution in [3.05, 3.63) is 30.3 Å². The molecule has 90 valence electrons. The number of thioether (sulfide) groups is 1. The molecule has 7 heteroatoms. The number of carbonyl (C=O) groups is 1. The molecule has 0 bridgehead atoms. The molecule has 0 aliphatic carbocycles. The molecule has 1 aromatic carbocycles. The van der Waals surface area contributed by atoms with E-state index >= 15 is 0 Å². The Balaban J connectivity index is 2.41. The fourth-order valence-electron chi connectivity index (χ4n) is 1.39. The summed E-state index contributed by atoms with van der Waals surface area (Å²) in [6.45, 7) is 0. The number of hydrogen-bond acceptors (Lipinski definition) is 3. The zero-order valence-corrected chi connectivity index (χ0v) is 11.0. The summed E-state index contributed by atoms with van der Waals surface area (Å²) in [5, 5.41) is 0.459. The molecule has 0 radical (unpaired) electrons. The quantitative estimate of drug-likeness (QED) is 0.782. The van der Waals surface area contributed by atoms with Crippen molar-refractivity contribution in [2.24, 2.45) is 4.40 Å². The minimum atomic E-state index is -1.70. The predicted molar refractivity (Wildman–Crippen MR) is 71.2 cm³/mol. The van der Waals surface area contributed by atoms with Crippen LogP contribution in [-0.2, 0) is 11.2 Å². The highest BCUT2D eigenvalue weighted by Crippen LogP contribution is 2.23. The van der Waals surface area contributed by atoms with Gasteiger partial charge in [0.1, 0.15) is 0 Å². The van der Waals surface area contributed by atoms with E-state index in [0.29, 0.717) is 10.9 Å². The van der Waals surface area contributed by atoms with E-state index in [2.05, 4.69) is 4.40 Å². The van der Waals surface area contributed by atoms with Crippen LogP contribution in [0.5, 0.6) is 0 Å². The predicted octanol–water partition coefficient (Wildman–Crippen LogP) is 1.86. The first-order valence-electron chi connectivity index (χ1n) is 4.82. The molecular weight excluding hydrogens is 258 g/mol. The summed E-state index contributed by atoms with van der Waals surface area (Å²) < 4.78 is 17.0. The van der Waals surface area contributed by atoms with Crippen molar-refractivity contribution in [1.82, 2.24) is 4.90 Å². The molecule has 0 spiro atoms. The highest BCUT2D eigenvalue weighted by atomic mass is 32.2. The van der Waals surface area contributed by atoms with Crippen LogP contribution in [0.15, 0.2) is 34.7 Å². The zero-order chi connectivity index (χ0) is 12.4. The lowest BCUT2D eigenvalue weighted by Gasteiger charge is -2.29. The van der Waals surface area contributed by atoms with Crippen molar-refractivity contribution in [3.63, 3.8) is 0 Å². The molecule has 2 rings (SSSR count). The minimum absolute atomic E-state index is 0.339. The summed E-state index contributed by atoms with van der Waals surface area (Å²) in [6, 6.07) is 8.52. The summed E-state index contributed by atoms with van der Waals surface area (Å²) in [5.41, 5.74) is 0.576. The fourth-order valence-corrected chi connectivity index (χ4v) is 3.13. The second-order valence-corrected chi connectivity index (χ2v) is 5.06. The molecule has 1 unspecified atom stereocenters. The van der Waals surface area contributed by atoms with E-state index in [1.165, 1.54) is 21.0 Å². The summed E-state index contributed by atoms with van der Waals surface area (Å²) in [5.74, 6) is 0. The van der Waals surface area contributed by atoms with Gasteiger partial charge in [-0.1, -0.05) is 30.0 Å². The number of anilines is 1. The molecule has 5 nitrogen and oxygen atoms in total. The summed E-state index contributed by atoms with van der Waals surface area (Å²) in [4.78, 5) is 13.5. The highest BCUT2D eigenvalue weighted by Gasteiger charge is 2.32. The van der Waals surface area contributed by atoms with Crippen LogP contribution in [0.25, 0.3) is 0 Å². The number of amides is 2. The standard InChI is InChI=1S/C10H11N3O2S2/c1-12-9(16-2)11-17(15)13(10(12)14)8-6-4-3-5-7-8/h3-7H,1-2H3. The third-order valence-electron chi connectivity index (χ3n) is 2.23. The van der Waals surface area contributed by atoms with Gasteiger partial charge in [-0.3, -0.25) is 4.90 Å². The molecule has 0 saturated heterocycles. The number of urea groups is 1. The Morgan fingerprint density at radius 2 is 1.94 bits per heavy atom. The lowest BCUT2D eigenvalue weighted by molar-refractivity contribution is 0.236. The van der Waals surface area contributed by atoms with Gasteiger partial charge in [-0.15, -0.1) is 4.40 Å². The van der Waals surface area contributed by atoms with Crippen LogP contribution < -0.4 is 4.31 Å². The van der Waals surface area contributed by atoms with E-state index in [1.807, 2.05) is 6.07 Å². The largest absolute Gasteiger partial charge is 0.343 e. The Morgan fingerprint density at radius 1 is 1.29 bits per heavy atom. The van der Waals surface area contributed by atoms with Gasteiger partial charge in [0.05, 0.1) is 5.69 Å². The molecule has 0 N–H and O–H groups in total. The molecule has 2 amide bonds. The van der Waals surface area contributed by atoms with Gasteiger partial charge < -0.3 is 0 Å².